The predicted octanol–water partition coefficient (Wildman–Crippen LogP) is 5.51. The molecule has 0 radical (unpaired) electrons. The standard InChI is InChI=1S/C22H17Cl2FN4O3/c1-13-17(12-31-16-4-2-3-15(25)10-16)21(28-32-13)22(30)26-20-7-8-29(27-20)11-14-5-6-18(23)19(24)9-14/h2-10H,11-12H2,1H3,(H,26,27,30). The van der Waals surface area contributed by atoms with E-state index in [-0.39, 0.29) is 12.3 Å². The van der Waals surface area contributed by atoms with Crippen LogP contribution in [0.15, 0.2) is 59.3 Å². The van der Waals surface area contributed by atoms with Gasteiger partial charge in [-0.3, -0.25) is 9.48 Å². The van der Waals surface area contributed by atoms with Crippen LogP contribution in [-0.4, -0.2) is 20.8 Å². The number of hydrogen-bond donors (Lipinski definition) is 1. The van der Waals surface area contributed by atoms with Crippen LogP contribution < -0.4 is 10.1 Å². The first-order valence-corrected chi connectivity index (χ1v) is 10.3. The van der Waals surface area contributed by atoms with Crippen molar-refractivity contribution in [2.45, 2.75) is 20.1 Å². The summed E-state index contributed by atoms with van der Waals surface area (Å²) < 4.78 is 25.7. The van der Waals surface area contributed by atoms with E-state index in [0.717, 1.165) is 5.56 Å². The molecule has 0 aliphatic rings. The molecular formula is C22H17Cl2FN4O3. The van der Waals surface area contributed by atoms with Crippen molar-refractivity contribution in [1.82, 2.24) is 14.9 Å². The number of nitrogens with zero attached hydrogens (tertiary/aromatic N) is 3. The highest BCUT2D eigenvalue weighted by atomic mass is 35.5. The number of anilines is 1. The maximum Gasteiger partial charge on any atom is 0.279 e. The van der Waals surface area contributed by atoms with Crippen molar-refractivity contribution in [1.29, 1.82) is 0 Å². The van der Waals surface area contributed by atoms with Gasteiger partial charge in [0.25, 0.3) is 5.91 Å². The van der Waals surface area contributed by atoms with Gasteiger partial charge in [0.05, 0.1) is 22.2 Å². The molecule has 0 fully saturated rings. The zero-order valence-corrected chi connectivity index (χ0v) is 18.3. The van der Waals surface area contributed by atoms with Crippen LogP contribution in [0.4, 0.5) is 10.2 Å². The molecule has 1 N–H and O–H groups in total. The van der Waals surface area contributed by atoms with Crippen molar-refractivity contribution < 1.29 is 18.4 Å². The van der Waals surface area contributed by atoms with Crippen LogP contribution >= 0.6 is 23.2 Å². The lowest BCUT2D eigenvalue weighted by atomic mass is 10.2. The number of ether oxygens (including phenoxy) is 1. The number of carbonyl (C=O) groups excluding carboxylic acids is 1. The van der Waals surface area contributed by atoms with Crippen LogP contribution in [0.5, 0.6) is 5.75 Å². The Kier molecular flexibility index (Phi) is 6.43. The third-order valence-electron chi connectivity index (χ3n) is 4.59. The summed E-state index contributed by atoms with van der Waals surface area (Å²) in [5.74, 6) is 0.181. The average molecular weight is 475 g/mol. The topological polar surface area (TPSA) is 82.2 Å². The molecule has 7 nitrogen and oxygen atoms in total. The van der Waals surface area contributed by atoms with E-state index in [0.29, 0.717) is 39.5 Å². The third kappa shape index (κ3) is 5.09. The zero-order valence-electron chi connectivity index (χ0n) is 16.8. The van der Waals surface area contributed by atoms with Gasteiger partial charge in [-0.05, 0) is 36.8 Å². The molecule has 164 valence electrons. The van der Waals surface area contributed by atoms with Crippen molar-refractivity contribution in [2.75, 3.05) is 5.32 Å². The number of aromatic nitrogens is 3. The molecule has 2 aromatic carbocycles. The van der Waals surface area contributed by atoms with Crippen molar-refractivity contribution >= 4 is 34.9 Å². The smallest absolute Gasteiger partial charge is 0.279 e. The lowest BCUT2D eigenvalue weighted by Gasteiger charge is -2.07. The van der Waals surface area contributed by atoms with Crippen LogP contribution in [0.2, 0.25) is 10.0 Å². The summed E-state index contributed by atoms with van der Waals surface area (Å²) in [7, 11) is 0. The predicted molar refractivity (Wildman–Crippen MR) is 118 cm³/mol. The minimum atomic E-state index is -0.500. The van der Waals surface area contributed by atoms with Crippen LogP contribution in [0, 0.1) is 12.7 Å². The number of carbonyl (C=O) groups is 1. The van der Waals surface area contributed by atoms with Crippen LogP contribution in [0.1, 0.15) is 27.4 Å². The van der Waals surface area contributed by atoms with Gasteiger partial charge in [0, 0.05) is 18.3 Å². The van der Waals surface area contributed by atoms with Gasteiger partial charge in [-0.25, -0.2) is 4.39 Å². The number of amides is 1. The molecule has 10 heteroatoms. The van der Waals surface area contributed by atoms with Gasteiger partial charge >= 0.3 is 0 Å². The molecule has 0 aliphatic carbocycles. The van der Waals surface area contributed by atoms with Gasteiger partial charge in [0.15, 0.2) is 11.5 Å². The normalized spacial score (nSPS) is 10.9. The third-order valence-corrected chi connectivity index (χ3v) is 5.33. The number of nitrogens with one attached hydrogen (secondary N) is 1. The number of benzene rings is 2. The Morgan fingerprint density at radius 1 is 1.19 bits per heavy atom. The van der Waals surface area contributed by atoms with E-state index in [4.69, 9.17) is 32.5 Å². The first-order valence-electron chi connectivity index (χ1n) is 9.51. The average Bonchev–Trinajstić information content (AvgIpc) is 3.35. The molecule has 0 spiro atoms. The Morgan fingerprint density at radius 2 is 2.03 bits per heavy atom. The number of aryl methyl sites for hydroxylation is 1. The van der Waals surface area contributed by atoms with Gasteiger partial charge in [-0.1, -0.05) is 40.5 Å². The van der Waals surface area contributed by atoms with E-state index in [1.165, 1.54) is 18.2 Å². The molecule has 0 saturated carbocycles. The van der Waals surface area contributed by atoms with Gasteiger partial charge in [0.1, 0.15) is 23.9 Å². The van der Waals surface area contributed by atoms with E-state index >= 15 is 0 Å². The van der Waals surface area contributed by atoms with Crippen LogP contribution in [0.3, 0.4) is 0 Å². The van der Waals surface area contributed by atoms with Gasteiger partial charge < -0.3 is 14.6 Å². The molecule has 4 rings (SSSR count). The summed E-state index contributed by atoms with van der Waals surface area (Å²) in [5, 5.41) is 11.8. The lowest BCUT2D eigenvalue weighted by molar-refractivity contribution is 0.101. The molecule has 0 bridgehead atoms. The zero-order chi connectivity index (χ0) is 22.7. The molecule has 0 unspecified atom stereocenters. The van der Waals surface area contributed by atoms with E-state index in [1.807, 2.05) is 6.07 Å². The Morgan fingerprint density at radius 3 is 2.81 bits per heavy atom. The van der Waals surface area contributed by atoms with Gasteiger partial charge in [-0.2, -0.15) is 5.10 Å². The molecule has 1 amide bonds. The van der Waals surface area contributed by atoms with E-state index in [1.54, 1.807) is 42.1 Å². The van der Waals surface area contributed by atoms with Crippen molar-refractivity contribution in [3.8, 4) is 5.75 Å². The Hall–Kier alpha value is -3.36. The fourth-order valence-corrected chi connectivity index (χ4v) is 3.29. The molecule has 2 heterocycles. The minimum Gasteiger partial charge on any atom is -0.489 e. The summed E-state index contributed by atoms with van der Waals surface area (Å²) in [4.78, 5) is 12.7. The lowest BCUT2D eigenvalue weighted by Crippen LogP contribution is -2.16. The van der Waals surface area contributed by atoms with Crippen LogP contribution in [-0.2, 0) is 13.2 Å². The quantitative estimate of drug-likeness (QED) is 0.382. The highest BCUT2D eigenvalue weighted by molar-refractivity contribution is 6.42. The van der Waals surface area contributed by atoms with Crippen LogP contribution in [0.25, 0.3) is 0 Å². The Bertz CT molecular complexity index is 1270. The van der Waals surface area contributed by atoms with E-state index in [9.17, 15) is 9.18 Å². The SMILES string of the molecule is Cc1onc(C(=O)Nc2ccn(Cc3ccc(Cl)c(Cl)c3)n2)c1COc1cccc(F)c1. The minimum absolute atomic E-state index is 0.00664. The van der Waals surface area contributed by atoms with Gasteiger partial charge in [-0.15, -0.1) is 0 Å². The molecule has 0 saturated heterocycles. The monoisotopic (exact) mass is 474 g/mol. The summed E-state index contributed by atoms with van der Waals surface area (Å²) in [5.41, 5.74) is 1.43. The van der Waals surface area contributed by atoms with Gasteiger partial charge in [0.2, 0.25) is 0 Å². The Balaban J connectivity index is 1.42. The Labute approximate surface area is 192 Å². The molecular weight excluding hydrogens is 458 g/mol. The summed E-state index contributed by atoms with van der Waals surface area (Å²) in [6.07, 6.45) is 1.72. The maximum absolute atomic E-state index is 13.3. The van der Waals surface area contributed by atoms with Crippen molar-refractivity contribution in [3.05, 3.63) is 93.2 Å². The highest BCUT2D eigenvalue weighted by Gasteiger charge is 2.21. The summed E-state index contributed by atoms with van der Waals surface area (Å²) in [6, 6.07) is 12.7. The van der Waals surface area contributed by atoms with E-state index < -0.39 is 11.7 Å². The second-order valence-corrected chi connectivity index (χ2v) is 7.73. The second kappa shape index (κ2) is 9.42. The largest absolute Gasteiger partial charge is 0.489 e. The number of rotatable bonds is 7. The number of halogens is 3. The highest BCUT2D eigenvalue weighted by Crippen LogP contribution is 2.23. The van der Waals surface area contributed by atoms with Crippen molar-refractivity contribution in [3.63, 3.8) is 0 Å². The molecule has 2 aromatic heterocycles. The number of hydrogen-bond acceptors (Lipinski definition) is 5. The first-order chi connectivity index (χ1) is 15.4. The first kappa shape index (κ1) is 21.9. The van der Waals surface area contributed by atoms with E-state index in [2.05, 4.69) is 15.6 Å². The fourth-order valence-electron chi connectivity index (χ4n) is 2.97. The summed E-state index contributed by atoms with van der Waals surface area (Å²) in [6.45, 7) is 2.11. The van der Waals surface area contributed by atoms with Crippen molar-refractivity contribution in [2.24, 2.45) is 0 Å². The maximum atomic E-state index is 13.3. The molecule has 4 aromatic rings. The fraction of sp³-hybridized carbons (Fsp3) is 0.136. The summed E-state index contributed by atoms with van der Waals surface area (Å²) >= 11 is 12.0. The molecule has 0 aliphatic heterocycles. The molecule has 32 heavy (non-hydrogen) atoms. The second-order valence-electron chi connectivity index (χ2n) is 6.91. The molecule has 0 atom stereocenters.